The maximum Gasteiger partial charge on any atom is 0.225 e. The van der Waals surface area contributed by atoms with Crippen molar-refractivity contribution in [1.29, 1.82) is 0 Å². The smallest absolute Gasteiger partial charge is 0.225 e. The molecule has 2 aliphatic rings. The zero-order valence-electron chi connectivity index (χ0n) is 14.0. The molecule has 134 valence electrons. The minimum Gasteiger partial charge on any atom is -0.346 e. The second-order valence-corrected chi connectivity index (χ2v) is 6.87. The minimum atomic E-state index is -0.523. The fraction of sp³-hybridized carbons (Fsp3) is 0.444. The summed E-state index contributed by atoms with van der Waals surface area (Å²) >= 11 is 0. The number of carbonyl (C=O) groups excluding carboxylic acids is 1. The number of nitrogens with zero attached hydrogens (tertiary/aromatic N) is 2. The van der Waals surface area contributed by atoms with Crippen molar-refractivity contribution in [2.45, 2.75) is 24.3 Å². The molecular weight excluding hydrogens is 343 g/mol. The van der Waals surface area contributed by atoms with Gasteiger partial charge in [-0.1, -0.05) is 18.2 Å². The van der Waals surface area contributed by atoms with Gasteiger partial charge in [-0.05, 0) is 24.5 Å². The second-order valence-electron chi connectivity index (χ2n) is 6.87. The van der Waals surface area contributed by atoms with Crippen LogP contribution < -0.4 is 10.6 Å². The van der Waals surface area contributed by atoms with Crippen LogP contribution in [0, 0.1) is 11.7 Å². The molecule has 0 radical (unpaired) electrons. The van der Waals surface area contributed by atoms with Gasteiger partial charge in [0.2, 0.25) is 5.91 Å². The summed E-state index contributed by atoms with van der Waals surface area (Å²) in [6.07, 6.45) is 5.36. The van der Waals surface area contributed by atoms with Crippen molar-refractivity contribution in [3.63, 3.8) is 0 Å². The van der Waals surface area contributed by atoms with Gasteiger partial charge in [0, 0.05) is 37.8 Å². The topological polar surface area (TPSA) is 59.0 Å². The lowest BCUT2D eigenvalue weighted by atomic mass is 9.89. The van der Waals surface area contributed by atoms with Crippen LogP contribution in [0.1, 0.15) is 29.9 Å². The predicted octanol–water partition coefficient (Wildman–Crippen LogP) is 2.09. The normalized spacial score (nSPS) is 23.8. The van der Waals surface area contributed by atoms with Crippen molar-refractivity contribution in [2.24, 2.45) is 13.0 Å². The minimum absolute atomic E-state index is 0. The van der Waals surface area contributed by atoms with Crippen molar-refractivity contribution >= 4 is 18.3 Å². The summed E-state index contributed by atoms with van der Waals surface area (Å²) in [5.41, 5.74) is 1.14. The molecule has 0 bridgehead atoms. The molecule has 1 aliphatic carbocycles. The summed E-state index contributed by atoms with van der Waals surface area (Å²) in [5.74, 6) is -0.299. The number of carbonyl (C=O) groups is 1. The van der Waals surface area contributed by atoms with Crippen LogP contribution in [0.3, 0.4) is 0 Å². The molecule has 1 aliphatic heterocycles. The Morgan fingerprint density at radius 2 is 2.12 bits per heavy atom. The van der Waals surface area contributed by atoms with Gasteiger partial charge in [-0.3, -0.25) is 9.48 Å². The van der Waals surface area contributed by atoms with Gasteiger partial charge in [0.15, 0.2) is 0 Å². The first-order chi connectivity index (χ1) is 11.6. The maximum absolute atomic E-state index is 14.1. The zero-order chi connectivity index (χ0) is 16.7. The van der Waals surface area contributed by atoms with E-state index in [4.69, 9.17) is 0 Å². The molecule has 5 nitrogen and oxygen atoms in total. The van der Waals surface area contributed by atoms with E-state index in [1.165, 1.54) is 6.07 Å². The Morgan fingerprint density at radius 1 is 1.36 bits per heavy atom. The quantitative estimate of drug-likeness (QED) is 0.873. The molecule has 1 amide bonds. The summed E-state index contributed by atoms with van der Waals surface area (Å²) in [6.45, 7) is 1.40. The summed E-state index contributed by atoms with van der Waals surface area (Å²) < 4.78 is 15.9. The van der Waals surface area contributed by atoms with Gasteiger partial charge in [-0.2, -0.15) is 5.10 Å². The van der Waals surface area contributed by atoms with Gasteiger partial charge in [0.05, 0.1) is 17.7 Å². The molecule has 2 fully saturated rings. The lowest BCUT2D eigenvalue weighted by Gasteiger charge is -2.23. The Hall–Kier alpha value is -1.92. The number of aryl methyl sites for hydroxylation is 1. The summed E-state index contributed by atoms with van der Waals surface area (Å²) in [6, 6.07) is 6.72. The molecule has 1 aromatic carbocycles. The SMILES string of the molecule is Cl.Cn1cc([C@H]2CNC[C@@H]2C(=O)NC2(c3ccccc3F)CC2)cn1. The molecule has 2 atom stereocenters. The van der Waals surface area contributed by atoms with E-state index in [-0.39, 0.29) is 36.0 Å². The van der Waals surface area contributed by atoms with Crippen LogP contribution in [-0.4, -0.2) is 28.8 Å². The number of hydrogen-bond donors (Lipinski definition) is 2. The van der Waals surface area contributed by atoms with Gasteiger partial charge in [-0.15, -0.1) is 12.4 Å². The number of halogens is 2. The van der Waals surface area contributed by atoms with Crippen LogP contribution in [0.2, 0.25) is 0 Å². The van der Waals surface area contributed by atoms with Gasteiger partial charge in [0.1, 0.15) is 5.82 Å². The summed E-state index contributed by atoms with van der Waals surface area (Å²) in [7, 11) is 1.87. The van der Waals surface area contributed by atoms with E-state index >= 15 is 0 Å². The fourth-order valence-electron chi connectivity index (χ4n) is 3.70. The van der Waals surface area contributed by atoms with Gasteiger partial charge < -0.3 is 10.6 Å². The number of nitrogens with one attached hydrogen (secondary N) is 2. The molecule has 4 rings (SSSR count). The molecular formula is C18H22ClFN4O. The number of amides is 1. The van der Waals surface area contributed by atoms with Crippen LogP contribution in [0.25, 0.3) is 0 Å². The molecule has 7 heteroatoms. The van der Waals surface area contributed by atoms with Crippen molar-refractivity contribution in [2.75, 3.05) is 13.1 Å². The molecule has 2 N–H and O–H groups in total. The Labute approximate surface area is 152 Å². The largest absolute Gasteiger partial charge is 0.346 e. The molecule has 1 saturated carbocycles. The van der Waals surface area contributed by atoms with E-state index < -0.39 is 5.54 Å². The highest BCUT2D eigenvalue weighted by molar-refractivity contribution is 5.85. The van der Waals surface area contributed by atoms with E-state index in [1.807, 2.05) is 25.5 Å². The van der Waals surface area contributed by atoms with Crippen molar-refractivity contribution in [3.8, 4) is 0 Å². The van der Waals surface area contributed by atoms with Crippen LogP contribution in [0.5, 0.6) is 0 Å². The Bertz CT molecular complexity index is 774. The first-order valence-corrected chi connectivity index (χ1v) is 8.35. The third-order valence-corrected chi connectivity index (χ3v) is 5.21. The van der Waals surface area contributed by atoms with E-state index in [0.717, 1.165) is 24.9 Å². The summed E-state index contributed by atoms with van der Waals surface area (Å²) in [4.78, 5) is 12.9. The van der Waals surface area contributed by atoms with Crippen molar-refractivity contribution in [3.05, 3.63) is 53.6 Å². The lowest BCUT2D eigenvalue weighted by molar-refractivity contribution is -0.125. The van der Waals surface area contributed by atoms with Crippen molar-refractivity contribution in [1.82, 2.24) is 20.4 Å². The molecule has 2 heterocycles. The number of aromatic nitrogens is 2. The molecule has 25 heavy (non-hydrogen) atoms. The highest BCUT2D eigenvalue weighted by Gasteiger charge is 2.49. The number of benzene rings is 1. The standard InChI is InChI=1S/C18H21FN4O.ClH/c1-23-11-12(8-21-23)13-9-20-10-14(13)17(24)22-18(6-7-18)15-4-2-3-5-16(15)19;/h2-5,8,11,13-14,20H,6-7,9-10H2,1H3,(H,22,24);1H/t13-,14+;/m1./s1. The van der Waals surface area contributed by atoms with Gasteiger partial charge in [0.25, 0.3) is 0 Å². The number of rotatable bonds is 4. The maximum atomic E-state index is 14.1. The van der Waals surface area contributed by atoms with Crippen molar-refractivity contribution < 1.29 is 9.18 Å². The Balaban J connectivity index is 0.00000182. The molecule has 1 aromatic heterocycles. The third kappa shape index (κ3) is 3.28. The predicted molar refractivity (Wildman–Crippen MR) is 95.0 cm³/mol. The van der Waals surface area contributed by atoms with E-state index in [9.17, 15) is 9.18 Å². The van der Waals surface area contributed by atoms with E-state index in [0.29, 0.717) is 12.1 Å². The second kappa shape index (κ2) is 6.77. The van der Waals surface area contributed by atoms with Crippen LogP contribution >= 0.6 is 12.4 Å². The first kappa shape index (κ1) is 17.9. The van der Waals surface area contributed by atoms with E-state index in [1.54, 1.807) is 16.8 Å². The molecule has 0 spiro atoms. The molecule has 0 unspecified atom stereocenters. The zero-order valence-corrected chi connectivity index (χ0v) is 14.9. The third-order valence-electron chi connectivity index (χ3n) is 5.21. The van der Waals surface area contributed by atoms with E-state index in [2.05, 4.69) is 15.7 Å². The highest BCUT2D eigenvalue weighted by atomic mass is 35.5. The highest BCUT2D eigenvalue weighted by Crippen LogP contribution is 2.47. The van der Waals surface area contributed by atoms with Crippen LogP contribution in [0.4, 0.5) is 4.39 Å². The average Bonchev–Trinajstić information content (AvgIpc) is 2.98. The monoisotopic (exact) mass is 364 g/mol. The molecule has 2 aromatic rings. The van der Waals surface area contributed by atoms with Crippen LogP contribution in [-0.2, 0) is 17.4 Å². The van der Waals surface area contributed by atoms with Gasteiger partial charge in [-0.25, -0.2) is 4.39 Å². The average molecular weight is 365 g/mol. The first-order valence-electron chi connectivity index (χ1n) is 8.35. The summed E-state index contributed by atoms with van der Waals surface area (Å²) in [5, 5.41) is 10.6. The van der Waals surface area contributed by atoms with Crippen LogP contribution in [0.15, 0.2) is 36.7 Å². The lowest BCUT2D eigenvalue weighted by Crippen LogP contribution is -2.41. The molecule has 1 saturated heterocycles. The number of hydrogen-bond acceptors (Lipinski definition) is 3. The van der Waals surface area contributed by atoms with Gasteiger partial charge >= 0.3 is 0 Å². The Kier molecular flexibility index (Phi) is 4.84. The Morgan fingerprint density at radius 3 is 2.76 bits per heavy atom. The fourth-order valence-corrected chi connectivity index (χ4v) is 3.70.